The number of nitrogens with zero attached hydrogens (tertiary/aromatic N) is 1. The van der Waals surface area contributed by atoms with E-state index in [1.54, 1.807) is 12.1 Å². The lowest BCUT2D eigenvalue weighted by molar-refractivity contribution is 0.175. The number of benzene rings is 1. The van der Waals surface area contributed by atoms with Crippen LogP contribution in [0.15, 0.2) is 18.2 Å². The third-order valence-electron chi connectivity index (χ3n) is 3.01. The lowest BCUT2D eigenvalue weighted by Crippen LogP contribution is -2.21. The molecule has 1 saturated heterocycles. The number of nitrogens with two attached hydrogens (primary N) is 1. The zero-order valence-corrected chi connectivity index (χ0v) is 10.2. The third kappa shape index (κ3) is 3.30. The summed E-state index contributed by atoms with van der Waals surface area (Å²) < 4.78 is 13.5. The molecule has 1 aliphatic heterocycles. The third-order valence-corrected chi connectivity index (χ3v) is 3.01. The van der Waals surface area contributed by atoms with E-state index in [1.807, 2.05) is 0 Å². The Morgan fingerprint density at radius 2 is 2.33 bits per heavy atom. The molecule has 0 spiro atoms. The van der Waals surface area contributed by atoms with E-state index in [-0.39, 0.29) is 18.5 Å². The number of β-amino-alcohol motifs (C(OH)–C–C–N with tert-alkyl or cyclic N) is 1. The summed E-state index contributed by atoms with van der Waals surface area (Å²) in [7, 11) is 0. The van der Waals surface area contributed by atoms with Crippen LogP contribution in [0.1, 0.15) is 17.5 Å². The first-order valence-electron chi connectivity index (χ1n) is 6.07. The van der Waals surface area contributed by atoms with Crippen LogP contribution in [0.4, 0.5) is 4.39 Å². The van der Waals surface area contributed by atoms with Crippen molar-refractivity contribution in [2.45, 2.75) is 19.1 Å². The van der Waals surface area contributed by atoms with Crippen LogP contribution in [-0.4, -0.2) is 35.7 Å². The van der Waals surface area contributed by atoms with Gasteiger partial charge in [0.2, 0.25) is 0 Å². The first-order chi connectivity index (χ1) is 8.69. The van der Waals surface area contributed by atoms with Crippen molar-refractivity contribution in [3.05, 3.63) is 35.1 Å². The Balaban J connectivity index is 2.09. The van der Waals surface area contributed by atoms with E-state index in [9.17, 15) is 9.50 Å². The van der Waals surface area contributed by atoms with Crippen LogP contribution < -0.4 is 5.73 Å². The molecule has 1 aromatic rings. The number of hydrogen-bond acceptors (Lipinski definition) is 3. The zero-order chi connectivity index (χ0) is 13.0. The Bertz CT molecular complexity index is 478. The summed E-state index contributed by atoms with van der Waals surface area (Å²) in [4.78, 5) is 2.15. The van der Waals surface area contributed by atoms with Gasteiger partial charge in [-0.15, -0.1) is 0 Å². The van der Waals surface area contributed by atoms with E-state index in [1.165, 1.54) is 6.07 Å². The minimum Gasteiger partial charge on any atom is -0.392 e. The molecule has 96 valence electrons. The average molecular weight is 248 g/mol. The minimum atomic E-state index is -0.318. The monoisotopic (exact) mass is 248 g/mol. The first kappa shape index (κ1) is 13.0. The lowest BCUT2D eigenvalue weighted by Gasteiger charge is -2.15. The quantitative estimate of drug-likeness (QED) is 0.758. The van der Waals surface area contributed by atoms with Gasteiger partial charge in [-0.25, -0.2) is 4.39 Å². The molecule has 1 atom stereocenters. The smallest absolute Gasteiger partial charge is 0.138 e. The standard InChI is InChI=1S/C14H17FN2O/c15-14-4-3-11(8-12(14)2-1-6-16)9-17-7-5-13(18)10-17/h3-4,8,13,18H,5-7,9-10,16H2. The highest BCUT2D eigenvalue weighted by Crippen LogP contribution is 2.15. The van der Waals surface area contributed by atoms with Gasteiger partial charge < -0.3 is 10.8 Å². The molecular formula is C14H17FN2O. The van der Waals surface area contributed by atoms with E-state index in [4.69, 9.17) is 5.73 Å². The van der Waals surface area contributed by atoms with Gasteiger partial charge in [0.1, 0.15) is 5.82 Å². The second-order valence-corrected chi connectivity index (χ2v) is 4.50. The van der Waals surface area contributed by atoms with Crippen LogP contribution in [0.5, 0.6) is 0 Å². The molecule has 2 rings (SSSR count). The molecule has 1 heterocycles. The maximum Gasteiger partial charge on any atom is 0.138 e. The van der Waals surface area contributed by atoms with Crippen molar-refractivity contribution in [3.8, 4) is 11.8 Å². The summed E-state index contributed by atoms with van der Waals surface area (Å²) in [6.45, 7) is 2.50. The van der Waals surface area contributed by atoms with E-state index in [2.05, 4.69) is 16.7 Å². The Morgan fingerprint density at radius 3 is 3.00 bits per heavy atom. The van der Waals surface area contributed by atoms with Gasteiger partial charge >= 0.3 is 0 Å². The molecule has 18 heavy (non-hydrogen) atoms. The van der Waals surface area contributed by atoms with Crippen LogP contribution in [0.2, 0.25) is 0 Å². The normalized spacial score (nSPS) is 19.6. The highest BCUT2D eigenvalue weighted by molar-refractivity contribution is 5.38. The Hall–Kier alpha value is -1.41. The predicted molar refractivity (Wildman–Crippen MR) is 68.2 cm³/mol. The lowest BCUT2D eigenvalue weighted by atomic mass is 10.1. The van der Waals surface area contributed by atoms with Crippen molar-refractivity contribution in [1.82, 2.24) is 4.90 Å². The molecule has 3 N–H and O–H groups in total. The zero-order valence-electron chi connectivity index (χ0n) is 10.2. The van der Waals surface area contributed by atoms with Gasteiger partial charge in [-0.2, -0.15) is 0 Å². The number of likely N-dealkylation sites (tertiary alicyclic amines) is 1. The van der Waals surface area contributed by atoms with Crippen molar-refractivity contribution in [2.24, 2.45) is 5.73 Å². The molecule has 1 aromatic carbocycles. The number of hydrogen-bond donors (Lipinski definition) is 2. The van der Waals surface area contributed by atoms with Gasteiger partial charge in [-0.3, -0.25) is 4.90 Å². The summed E-state index contributed by atoms with van der Waals surface area (Å²) in [6, 6.07) is 4.94. The number of halogens is 1. The van der Waals surface area contributed by atoms with Crippen molar-refractivity contribution in [2.75, 3.05) is 19.6 Å². The number of aliphatic hydroxyl groups excluding tert-OH is 1. The molecule has 0 aliphatic carbocycles. The molecule has 0 amide bonds. The minimum absolute atomic E-state index is 0.224. The fourth-order valence-electron chi connectivity index (χ4n) is 2.13. The summed E-state index contributed by atoms with van der Waals surface area (Å²) in [5.41, 5.74) is 6.67. The van der Waals surface area contributed by atoms with Gasteiger partial charge in [-0.1, -0.05) is 17.9 Å². The maximum atomic E-state index is 13.5. The molecule has 0 aromatic heterocycles. The van der Waals surface area contributed by atoms with Crippen LogP contribution in [0, 0.1) is 17.7 Å². The molecule has 1 fully saturated rings. The summed E-state index contributed by atoms with van der Waals surface area (Å²) in [5, 5.41) is 9.45. The molecule has 0 radical (unpaired) electrons. The van der Waals surface area contributed by atoms with Crippen molar-refractivity contribution in [3.63, 3.8) is 0 Å². The van der Waals surface area contributed by atoms with E-state index < -0.39 is 0 Å². The van der Waals surface area contributed by atoms with Crippen LogP contribution in [0.3, 0.4) is 0 Å². The summed E-state index contributed by atoms with van der Waals surface area (Å²) in [6.07, 6.45) is 0.572. The highest BCUT2D eigenvalue weighted by atomic mass is 19.1. The second kappa shape index (κ2) is 5.96. The van der Waals surface area contributed by atoms with Gasteiger partial charge in [0.15, 0.2) is 0 Å². The van der Waals surface area contributed by atoms with Gasteiger partial charge in [0.05, 0.1) is 18.2 Å². The highest BCUT2D eigenvalue weighted by Gasteiger charge is 2.20. The molecule has 1 aliphatic rings. The molecule has 0 bridgehead atoms. The number of rotatable bonds is 2. The summed E-state index contributed by atoms with van der Waals surface area (Å²) in [5.74, 6) is 5.07. The van der Waals surface area contributed by atoms with E-state index >= 15 is 0 Å². The molecule has 3 nitrogen and oxygen atoms in total. The van der Waals surface area contributed by atoms with Gasteiger partial charge in [0, 0.05) is 19.6 Å². The number of aliphatic hydroxyl groups is 1. The van der Waals surface area contributed by atoms with E-state index in [0.29, 0.717) is 18.7 Å². The second-order valence-electron chi connectivity index (χ2n) is 4.50. The topological polar surface area (TPSA) is 49.5 Å². The average Bonchev–Trinajstić information content (AvgIpc) is 2.75. The van der Waals surface area contributed by atoms with Crippen LogP contribution >= 0.6 is 0 Å². The van der Waals surface area contributed by atoms with Gasteiger partial charge in [0.25, 0.3) is 0 Å². The van der Waals surface area contributed by atoms with E-state index in [0.717, 1.165) is 18.5 Å². The first-order valence-corrected chi connectivity index (χ1v) is 6.07. The molecule has 4 heteroatoms. The van der Waals surface area contributed by atoms with Crippen molar-refractivity contribution >= 4 is 0 Å². The Kier molecular flexibility index (Phi) is 4.32. The Morgan fingerprint density at radius 1 is 1.50 bits per heavy atom. The predicted octanol–water partition coefficient (Wildman–Crippen LogP) is 0.702. The molecule has 1 unspecified atom stereocenters. The fourth-order valence-corrected chi connectivity index (χ4v) is 2.13. The maximum absolute atomic E-state index is 13.5. The van der Waals surface area contributed by atoms with Gasteiger partial charge in [-0.05, 0) is 24.1 Å². The SMILES string of the molecule is NCC#Cc1cc(CN2CCC(O)C2)ccc1F. The van der Waals surface area contributed by atoms with Crippen LogP contribution in [0.25, 0.3) is 0 Å². The summed E-state index contributed by atoms with van der Waals surface area (Å²) >= 11 is 0. The molecule has 0 saturated carbocycles. The van der Waals surface area contributed by atoms with Crippen molar-refractivity contribution < 1.29 is 9.50 Å². The van der Waals surface area contributed by atoms with Crippen LogP contribution in [-0.2, 0) is 6.54 Å². The Labute approximate surface area is 106 Å². The molecular weight excluding hydrogens is 231 g/mol. The van der Waals surface area contributed by atoms with Crippen molar-refractivity contribution in [1.29, 1.82) is 0 Å². The largest absolute Gasteiger partial charge is 0.392 e. The fraction of sp³-hybridized carbons (Fsp3) is 0.429.